The first-order chi connectivity index (χ1) is 11.3. The number of nitrogens with one attached hydrogen (secondary N) is 1. The van der Waals surface area contributed by atoms with Gasteiger partial charge < -0.3 is 4.74 Å². The summed E-state index contributed by atoms with van der Waals surface area (Å²) in [6.45, 7) is 5.20. The Hall–Kier alpha value is -2.35. The van der Waals surface area contributed by atoms with Crippen LogP contribution >= 0.6 is 15.9 Å². The summed E-state index contributed by atoms with van der Waals surface area (Å²) in [7, 11) is 0. The van der Waals surface area contributed by atoms with Crippen molar-refractivity contribution in [1.29, 1.82) is 0 Å². The molecule has 0 bridgehead atoms. The summed E-state index contributed by atoms with van der Waals surface area (Å²) in [4.78, 5) is 19.6. The predicted octanol–water partition coefficient (Wildman–Crippen LogP) is 3.66. The van der Waals surface area contributed by atoms with E-state index in [9.17, 15) is 9.18 Å². The molecule has 0 saturated carbocycles. The van der Waals surface area contributed by atoms with E-state index < -0.39 is 17.5 Å². The molecule has 0 unspecified atom stereocenters. The quantitative estimate of drug-likeness (QED) is 0.636. The van der Waals surface area contributed by atoms with Gasteiger partial charge in [0.05, 0.1) is 0 Å². The molecule has 0 atom stereocenters. The second-order valence-corrected chi connectivity index (χ2v) is 6.74. The largest absolute Gasteiger partial charge is 0.443 e. The van der Waals surface area contributed by atoms with Gasteiger partial charge in [0.25, 0.3) is 0 Å². The summed E-state index contributed by atoms with van der Waals surface area (Å²) in [5.41, 5.74) is 2.44. The minimum Gasteiger partial charge on any atom is -0.443 e. The SMILES string of the molecule is CC(C)(C)OC(=O)NN=C(c1cncnc1)c1ccc(Br)cc1F. The Morgan fingerprint density at radius 1 is 1.29 bits per heavy atom. The first-order valence-electron chi connectivity index (χ1n) is 7.04. The number of nitrogens with zero attached hydrogens (tertiary/aromatic N) is 3. The maximum atomic E-state index is 14.3. The van der Waals surface area contributed by atoms with Crippen LogP contribution < -0.4 is 5.43 Å². The number of hydrogen-bond acceptors (Lipinski definition) is 5. The van der Waals surface area contributed by atoms with Crippen LogP contribution in [0.2, 0.25) is 0 Å². The van der Waals surface area contributed by atoms with E-state index in [4.69, 9.17) is 4.74 Å². The summed E-state index contributed by atoms with van der Waals surface area (Å²) >= 11 is 3.20. The van der Waals surface area contributed by atoms with Gasteiger partial charge in [-0.2, -0.15) is 5.10 Å². The molecule has 1 aromatic carbocycles. The van der Waals surface area contributed by atoms with Crippen molar-refractivity contribution in [2.75, 3.05) is 0 Å². The van der Waals surface area contributed by atoms with Gasteiger partial charge in [-0.3, -0.25) is 0 Å². The summed E-state index contributed by atoms with van der Waals surface area (Å²) in [6.07, 6.45) is 3.56. The number of rotatable bonds is 3. The molecule has 0 aliphatic carbocycles. The Kier molecular flexibility index (Phi) is 5.61. The van der Waals surface area contributed by atoms with Gasteiger partial charge in [0.2, 0.25) is 0 Å². The van der Waals surface area contributed by atoms with Crippen molar-refractivity contribution in [3.05, 3.63) is 58.3 Å². The van der Waals surface area contributed by atoms with Gasteiger partial charge in [0.15, 0.2) is 0 Å². The number of aromatic nitrogens is 2. The van der Waals surface area contributed by atoms with E-state index in [1.54, 1.807) is 32.9 Å². The molecule has 8 heteroatoms. The van der Waals surface area contributed by atoms with E-state index in [0.29, 0.717) is 10.0 Å². The van der Waals surface area contributed by atoms with Crippen LogP contribution in [-0.2, 0) is 4.74 Å². The van der Waals surface area contributed by atoms with Crippen LogP contribution in [0.5, 0.6) is 0 Å². The lowest BCUT2D eigenvalue weighted by molar-refractivity contribution is 0.0529. The van der Waals surface area contributed by atoms with Crippen LogP contribution in [0.1, 0.15) is 31.9 Å². The molecule has 1 N–H and O–H groups in total. The van der Waals surface area contributed by atoms with E-state index >= 15 is 0 Å². The number of hydrazone groups is 1. The number of benzene rings is 1. The van der Waals surface area contributed by atoms with Crippen molar-refractivity contribution in [2.24, 2.45) is 5.10 Å². The van der Waals surface area contributed by atoms with Gasteiger partial charge in [-0.25, -0.2) is 24.6 Å². The molecule has 1 aromatic heterocycles. The van der Waals surface area contributed by atoms with E-state index in [2.05, 4.69) is 36.4 Å². The third-order valence-electron chi connectivity index (χ3n) is 2.68. The molecule has 0 radical (unpaired) electrons. The molecule has 6 nitrogen and oxygen atoms in total. The topological polar surface area (TPSA) is 76.5 Å². The van der Waals surface area contributed by atoms with Crippen LogP contribution in [0, 0.1) is 5.82 Å². The monoisotopic (exact) mass is 394 g/mol. The van der Waals surface area contributed by atoms with Gasteiger partial charge >= 0.3 is 6.09 Å². The molecule has 2 rings (SSSR count). The summed E-state index contributed by atoms with van der Waals surface area (Å²) in [5, 5.41) is 4.00. The maximum Gasteiger partial charge on any atom is 0.428 e. The van der Waals surface area contributed by atoms with Crippen LogP contribution in [0.25, 0.3) is 0 Å². The molecule has 0 aliphatic rings. The lowest BCUT2D eigenvalue weighted by Crippen LogP contribution is -2.30. The third kappa shape index (κ3) is 5.09. The van der Waals surface area contributed by atoms with Crippen LogP contribution in [0.3, 0.4) is 0 Å². The van der Waals surface area contributed by atoms with Crippen LogP contribution in [-0.4, -0.2) is 27.4 Å². The molecule has 0 spiro atoms. The summed E-state index contributed by atoms with van der Waals surface area (Å²) in [6, 6.07) is 4.52. The summed E-state index contributed by atoms with van der Waals surface area (Å²) in [5.74, 6) is -0.502. The van der Waals surface area contributed by atoms with E-state index in [0.717, 1.165) is 0 Å². The Labute approximate surface area is 147 Å². The van der Waals surface area contributed by atoms with Crippen molar-refractivity contribution in [3.8, 4) is 0 Å². The molecular weight excluding hydrogens is 379 g/mol. The average molecular weight is 395 g/mol. The molecule has 126 valence electrons. The number of halogens is 2. The molecule has 1 heterocycles. The molecule has 0 aliphatic heterocycles. The average Bonchev–Trinajstić information content (AvgIpc) is 2.48. The Balaban J connectivity index is 2.37. The van der Waals surface area contributed by atoms with E-state index in [-0.39, 0.29) is 11.3 Å². The molecule has 1 amide bonds. The number of ether oxygens (including phenoxy) is 1. The highest BCUT2D eigenvalue weighted by molar-refractivity contribution is 9.10. The van der Waals surface area contributed by atoms with Crippen molar-refractivity contribution >= 4 is 27.7 Å². The normalized spacial score (nSPS) is 12.0. The fraction of sp³-hybridized carbons (Fsp3) is 0.250. The van der Waals surface area contributed by atoms with Crippen molar-refractivity contribution < 1.29 is 13.9 Å². The van der Waals surface area contributed by atoms with Gasteiger partial charge in [-0.1, -0.05) is 15.9 Å². The highest BCUT2D eigenvalue weighted by atomic mass is 79.9. The minimum absolute atomic E-state index is 0.187. The lowest BCUT2D eigenvalue weighted by atomic mass is 10.0. The Morgan fingerprint density at radius 2 is 1.96 bits per heavy atom. The highest BCUT2D eigenvalue weighted by Gasteiger charge is 2.17. The smallest absolute Gasteiger partial charge is 0.428 e. The Bertz CT molecular complexity index is 760. The van der Waals surface area contributed by atoms with E-state index in [1.807, 2.05) is 0 Å². The number of carbonyl (C=O) groups is 1. The molecule has 24 heavy (non-hydrogen) atoms. The van der Waals surface area contributed by atoms with Gasteiger partial charge in [0, 0.05) is 28.0 Å². The van der Waals surface area contributed by atoms with Gasteiger partial charge in [0.1, 0.15) is 23.5 Å². The van der Waals surface area contributed by atoms with Gasteiger partial charge in [-0.15, -0.1) is 0 Å². The van der Waals surface area contributed by atoms with Crippen LogP contribution in [0.4, 0.5) is 9.18 Å². The van der Waals surface area contributed by atoms with Gasteiger partial charge in [-0.05, 0) is 39.0 Å². The molecule has 0 fully saturated rings. The van der Waals surface area contributed by atoms with Crippen molar-refractivity contribution in [2.45, 2.75) is 26.4 Å². The zero-order chi connectivity index (χ0) is 17.7. The van der Waals surface area contributed by atoms with Crippen molar-refractivity contribution in [3.63, 3.8) is 0 Å². The maximum absolute atomic E-state index is 14.3. The number of carbonyl (C=O) groups excluding carboxylic acids is 1. The molecule has 2 aromatic rings. The summed E-state index contributed by atoms with van der Waals surface area (Å²) < 4.78 is 20.0. The lowest BCUT2D eigenvalue weighted by Gasteiger charge is -2.18. The first kappa shape index (κ1) is 18.0. The van der Waals surface area contributed by atoms with E-state index in [1.165, 1.54) is 24.8 Å². The molecule has 0 saturated heterocycles. The first-order valence-corrected chi connectivity index (χ1v) is 7.83. The third-order valence-corrected chi connectivity index (χ3v) is 3.17. The number of hydrogen-bond donors (Lipinski definition) is 1. The molecular formula is C16H16BrFN4O2. The fourth-order valence-corrected chi connectivity index (χ4v) is 2.12. The highest BCUT2D eigenvalue weighted by Crippen LogP contribution is 2.18. The predicted molar refractivity (Wildman–Crippen MR) is 91.1 cm³/mol. The standard InChI is InChI=1S/C16H16BrFN4O2/c1-16(2,3)24-15(23)22-21-14(10-7-19-9-20-8-10)12-5-4-11(17)6-13(12)18/h4-9H,1-3H3,(H,22,23). The minimum atomic E-state index is -0.741. The van der Waals surface area contributed by atoms with Crippen LogP contribution in [0.15, 0.2) is 46.5 Å². The zero-order valence-electron chi connectivity index (χ0n) is 13.4. The van der Waals surface area contributed by atoms with Crippen molar-refractivity contribution in [1.82, 2.24) is 15.4 Å². The second kappa shape index (κ2) is 7.48. The number of amides is 1. The fourth-order valence-electron chi connectivity index (χ4n) is 1.79. The second-order valence-electron chi connectivity index (χ2n) is 5.83. The Morgan fingerprint density at radius 3 is 2.54 bits per heavy atom. The zero-order valence-corrected chi connectivity index (χ0v) is 15.0.